The van der Waals surface area contributed by atoms with Crippen molar-refractivity contribution in [3.8, 4) is 0 Å². The molecule has 0 aromatic rings. The molecule has 0 spiro atoms. The van der Waals surface area contributed by atoms with Crippen LogP contribution in [0.2, 0.25) is 0 Å². The third-order valence-corrected chi connectivity index (χ3v) is 10.8. The maximum Gasteiger partial charge on any atom is 0.305 e. The first-order chi connectivity index (χ1) is 24.8. The van der Waals surface area contributed by atoms with Crippen LogP contribution < -0.4 is 0 Å². The molecule has 0 rings (SSSR count). The molecule has 6 heteroatoms. The van der Waals surface area contributed by atoms with Crippen molar-refractivity contribution in [2.45, 2.75) is 227 Å². The largest absolute Gasteiger partial charge is 0.466 e. The Bertz CT molecular complexity index is 743. The lowest BCUT2D eigenvalue weighted by atomic mass is 9.83. The van der Waals surface area contributed by atoms with Gasteiger partial charge in [-0.25, -0.2) is 0 Å². The van der Waals surface area contributed by atoms with E-state index in [1.807, 2.05) is 0 Å². The van der Waals surface area contributed by atoms with Gasteiger partial charge in [-0.05, 0) is 75.8 Å². The van der Waals surface area contributed by atoms with Crippen LogP contribution in [0.1, 0.15) is 227 Å². The van der Waals surface area contributed by atoms with Gasteiger partial charge in [0.25, 0.3) is 0 Å². The molecule has 6 nitrogen and oxygen atoms in total. The minimum atomic E-state index is -0.0354. The summed E-state index contributed by atoms with van der Waals surface area (Å²) in [6.07, 6.45) is 34.9. The number of ether oxygens (including phenoxy) is 2. The number of aliphatic hydroxyl groups excluding tert-OH is 1. The summed E-state index contributed by atoms with van der Waals surface area (Å²) in [6.45, 7) is 15.5. The Hall–Kier alpha value is -1.14. The molecule has 0 aliphatic rings. The second-order valence-electron chi connectivity index (χ2n) is 16.5. The van der Waals surface area contributed by atoms with Crippen LogP contribution in [-0.4, -0.2) is 61.4 Å². The normalized spacial score (nSPS) is 11.9. The summed E-state index contributed by atoms with van der Waals surface area (Å²) in [5.74, 6) is 0.646. The molecular weight excluding hydrogens is 634 g/mol. The smallest absolute Gasteiger partial charge is 0.305 e. The molecule has 0 unspecified atom stereocenters. The highest BCUT2D eigenvalue weighted by atomic mass is 16.5. The molecule has 0 atom stereocenters. The van der Waals surface area contributed by atoms with Crippen molar-refractivity contribution in [2.75, 3.05) is 39.5 Å². The van der Waals surface area contributed by atoms with Crippen LogP contribution in [-0.2, 0) is 19.1 Å². The molecule has 0 aromatic carbocycles. The van der Waals surface area contributed by atoms with Gasteiger partial charge in [0.15, 0.2) is 0 Å². The molecule has 304 valence electrons. The van der Waals surface area contributed by atoms with Crippen molar-refractivity contribution in [1.82, 2.24) is 4.90 Å². The molecule has 0 amide bonds. The van der Waals surface area contributed by atoms with Gasteiger partial charge >= 0.3 is 11.9 Å². The van der Waals surface area contributed by atoms with E-state index in [0.717, 1.165) is 90.3 Å². The van der Waals surface area contributed by atoms with E-state index in [4.69, 9.17) is 9.47 Å². The Labute approximate surface area is 318 Å². The van der Waals surface area contributed by atoms with Crippen molar-refractivity contribution < 1.29 is 24.2 Å². The summed E-state index contributed by atoms with van der Waals surface area (Å²) in [4.78, 5) is 26.9. The van der Waals surface area contributed by atoms with Crippen LogP contribution >= 0.6 is 0 Å². The average molecular weight is 724 g/mol. The number of esters is 2. The van der Waals surface area contributed by atoms with Crippen molar-refractivity contribution >= 4 is 11.9 Å². The molecule has 0 heterocycles. The topological polar surface area (TPSA) is 76.1 Å². The van der Waals surface area contributed by atoms with Gasteiger partial charge < -0.3 is 19.5 Å². The highest BCUT2D eigenvalue weighted by Gasteiger charge is 2.18. The predicted octanol–water partition coefficient (Wildman–Crippen LogP) is 12.8. The van der Waals surface area contributed by atoms with Crippen LogP contribution in [0.5, 0.6) is 0 Å². The summed E-state index contributed by atoms with van der Waals surface area (Å²) in [7, 11) is 0. The molecule has 0 bridgehead atoms. The Balaban J connectivity index is 4.06. The maximum absolute atomic E-state index is 12.4. The number of hydrogen-bond acceptors (Lipinski definition) is 6. The Kier molecular flexibility index (Phi) is 36.4. The van der Waals surface area contributed by atoms with Crippen molar-refractivity contribution in [3.63, 3.8) is 0 Å². The van der Waals surface area contributed by atoms with E-state index in [2.05, 4.69) is 39.5 Å². The summed E-state index contributed by atoms with van der Waals surface area (Å²) < 4.78 is 11.2. The Morgan fingerprint density at radius 2 is 0.941 bits per heavy atom. The van der Waals surface area contributed by atoms with Crippen LogP contribution in [0, 0.1) is 11.3 Å². The maximum atomic E-state index is 12.4. The third kappa shape index (κ3) is 35.6. The fourth-order valence-electron chi connectivity index (χ4n) is 7.29. The number of carbonyl (C=O) groups excluding carboxylic acids is 2. The average Bonchev–Trinajstić information content (AvgIpc) is 3.10. The van der Waals surface area contributed by atoms with Gasteiger partial charge in [-0.3, -0.25) is 9.59 Å². The number of nitrogens with zero attached hydrogens (tertiary/aromatic N) is 1. The molecule has 0 fully saturated rings. The highest BCUT2D eigenvalue weighted by Crippen LogP contribution is 2.28. The molecule has 0 aromatic heterocycles. The lowest BCUT2D eigenvalue weighted by Crippen LogP contribution is -2.30. The molecule has 1 N–H and O–H groups in total. The lowest BCUT2D eigenvalue weighted by Gasteiger charge is -2.27. The SMILES string of the molecule is CCCCCCCCCC(=O)OCCCC(C)(C)CCCN(CCO)CCCCCCC(=O)OCCC(CCCCCCC)CCCCCCC. The molecule has 0 aliphatic carbocycles. The van der Waals surface area contributed by atoms with Gasteiger partial charge in [0.2, 0.25) is 0 Å². The van der Waals surface area contributed by atoms with Crippen LogP contribution in [0.15, 0.2) is 0 Å². The molecular formula is C45H89NO5. The standard InChI is InChI=1S/C45H89NO5/c1-6-9-12-15-16-19-24-31-43(48)50-40-28-35-45(4,5)34-27-37-46(38-39-47)36-26-21-20-25-32-44(49)51-41-33-42(29-22-17-13-10-7-2)30-23-18-14-11-8-3/h42,47H,6-41H2,1-5H3. The summed E-state index contributed by atoms with van der Waals surface area (Å²) in [5.41, 5.74) is 0.216. The van der Waals surface area contributed by atoms with Gasteiger partial charge in [0.1, 0.15) is 0 Å². The minimum absolute atomic E-state index is 0.0224. The number of carbonyl (C=O) groups is 2. The Morgan fingerprint density at radius 1 is 0.510 bits per heavy atom. The summed E-state index contributed by atoms with van der Waals surface area (Å²) in [5, 5.41) is 9.62. The monoisotopic (exact) mass is 724 g/mol. The zero-order valence-electron chi connectivity index (χ0n) is 35.1. The van der Waals surface area contributed by atoms with Crippen molar-refractivity contribution in [1.29, 1.82) is 0 Å². The first-order valence-electron chi connectivity index (χ1n) is 22.4. The molecule has 51 heavy (non-hydrogen) atoms. The molecule has 0 saturated heterocycles. The fourth-order valence-corrected chi connectivity index (χ4v) is 7.29. The number of rotatable bonds is 40. The number of hydrogen-bond donors (Lipinski definition) is 1. The quantitative estimate of drug-likeness (QED) is 0.0501. The fraction of sp³-hybridized carbons (Fsp3) is 0.956. The van der Waals surface area contributed by atoms with E-state index in [9.17, 15) is 14.7 Å². The zero-order valence-corrected chi connectivity index (χ0v) is 35.1. The van der Waals surface area contributed by atoms with Gasteiger partial charge in [-0.2, -0.15) is 0 Å². The van der Waals surface area contributed by atoms with Gasteiger partial charge in [-0.1, -0.05) is 163 Å². The van der Waals surface area contributed by atoms with Gasteiger partial charge in [0.05, 0.1) is 19.8 Å². The van der Waals surface area contributed by atoms with Crippen LogP contribution in [0.4, 0.5) is 0 Å². The number of aliphatic hydroxyl groups is 1. The zero-order chi connectivity index (χ0) is 37.7. The first kappa shape index (κ1) is 49.9. The van der Waals surface area contributed by atoms with E-state index in [1.54, 1.807) is 0 Å². The first-order valence-corrected chi connectivity index (χ1v) is 22.4. The molecule has 0 saturated carbocycles. The van der Waals surface area contributed by atoms with E-state index in [0.29, 0.717) is 32.0 Å². The summed E-state index contributed by atoms with van der Waals surface area (Å²) in [6, 6.07) is 0. The second kappa shape index (κ2) is 37.2. The van der Waals surface area contributed by atoms with Crippen molar-refractivity contribution in [2.24, 2.45) is 11.3 Å². The molecule has 0 aliphatic heterocycles. The van der Waals surface area contributed by atoms with Gasteiger partial charge in [-0.15, -0.1) is 0 Å². The van der Waals surface area contributed by atoms with Crippen molar-refractivity contribution in [3.05, 3.63) is 0 Å². The second-order valence-corrected chi connectivity index (χ2v) is 16.5. The highest BCUT2D eigenvalue weighted by molar-refractivity contribution is 5.69. The van der Waals surface area contributed by atoms with Crippen LogP contribution in [0.3, 0.4) is 0 Å². The minimum Gasteiger partial charge on any atom is -0.466 e. The van der Waals surface area contributed by atoms with E-state index in [1.165, 1.54) is 109 Å². The van der Waals surface area contributed by atoms with E-state index in [-0.39, 0.29) is 24.0 Å². The van der Waals surface area contributed by atoms with E-state index >= 15 is 0 Å². The number of unbranched alkanes of at least 4 members (excludes halogenated alkanes) is 17. The predicted molar refractivity (Wildman–Crippen MR) is 218 cm³/mol. The summed E-state index contributed by atoms with van der Waals surface area (Å²) >= 11 is 0. The lowest BCUT2D eigenvalue weighted by molar-refractivity contribution is -0.145. The van der Waals surface area contributed by atoms with E-state index < -0.39 is 0 Å². The van der Waals surface area contributed by atoms with Gasteiger partial charge in [0, 0.05) is 19.4 Å². The third-order valence-electron chi connectivity index (χ3n) is 10.8. The molecule has 0 radical (unpaired) electrons. The van der Waals surface area contributed by atoms with Crippen LogP contribution in [0.25, 0.3) is 0 Å². The Morgan fingerprint density at radius 3 is 1.47 bits per heavy atom.